The van der Waals surface area contributed by atoms with Crippen molar-refractivity contribution in [1.82, 2.24) is 14.5 Å². The molecule has 0 spiro atoms. The van der Waals surface area contributed by atoms with Crippen LogP contribution < -0.4 is 4.72 Å². The van der Waals surface area contributed by atoms with Crippen molar-refractivity contribution < 1.29 is 13.2 Å². The maximum Gasteiger partial charge on any atom is 0.240 e. The van der Waals surface area contributed by atoms with E-state index < -0.39 is 10.0 Å². The average Bonchev–Trinajstić information content (AvgIpc) is 2.47. The first kappa shape index (κ1) is 20.6. The van der Waals surface area contributed by atoms with Gasteiger partial charge in [-0.15, -0.1) is 0 Å². The summed E-state index contributed by atoms with van der Waals surface area (Å²) < 4.78 is 27.2. The highest BCUT2D eigenvalue weighted by Crippen LogP contribution is 2.14. The van der Waals surface area contributed by atoms with Crippen LogP contribution in [0, 0.1) is 13.8 Å². The first-order valence-electron chi connectivity index (χ1n) is 8.10. The van der Waals surface area contributed by atoms with E-state index >= 15 is 0 Å². The van der Waals surface area contributed by atoms with Crippen molar-refractivity contribution in [1.29, 1.82) is 0 Å². The maximum absolute atomic E-state index is 12.3. The molecule has 0 fully saturated rings. The summed E-state index contributed by atoms with van der Waals surface area (Å²) in [4.78, 5) is 15.6. The Morgan fingerprint density at radius 1 is 1.08 bits per heavy atom. The Bertz CT molecular complexity index is 657. The molecule has 1 aromatic carbocycles. The zero-order valence-corrected chi connectivity index (χ0v) is 16.1. The molecular formula is C17H29N3O3S. The number of amides is 1. The molecule has 0 aromatic heterocycles. The zero-order chi connectivity index (χ0) is 18.3. The highest BCUT2D eigenvalue weighted by atomic mass is 32.2. The van der Waals surface area contributed by atoms with E-state index in [0.717, 1.165) is 24.1 Å². The summed E-state index contributed by atoms with van der Waals surface area (Å²) in [5, 5.41) is 0. The predicted octanol–water partition coefficient (Wildman–Crippen LogP) is 1.38. The first-order chi connectivity index (χ1) is 11.1. The molecule has 6 nitrogen and oxygen atoms in total. The number of nitrogens with zero attached hydrogens (tertiary/aromatic N) is 2. The molecule has 7 heteroatoms. The van der Waals surface area contributed by atoms with Crippen LogP contribution in [0.5, 0.6) is 0 Å². The molecule has 1 aromatic rings. The maximum atomic E-state index is 12.3. The molecule has 136 valence electrons. The van der Waals surface area contributed by atoms with Crippen molar-refractivity contribution in [2.75, 3.05) is 40.3 Å². The van der Waals surface area contributed by atoms with Crippen LogP contribution in [0.1, 0.15) is 24.5 Å². The molecule has 0 aliphatic rings. The van der Waals surface area contributed by atoms with E-state index in [1.807, 2.05) is 27.9 Å². The Kier molecular flexibility index (Phi) is 7.86. The number of rotatable bonds is 9. The van der Waals surface area contributed by atoms with Crippen molar-refractivity contribution in [3.8, 4) is 0 Å². The van der Waals surface area contributed by atoms with Crippen LogP contribution >= 0.6 is 0 Å². The molecule has 0 unspecified atom stereocenters. The molecule has 0 bridgehead atoms. The fraction of sp³-hybridized carbons (Fsp3) is 0.588. The highest BCUT2D eigenvalue weighted by Gasteiger charge is 2.15. The highest BCUT2D eigenvalue weighted by molar-refractivity contribution is 7.89. The van der Waals surface area contributed by atoms with E-state index in [0.29, 0.717) is 13.1 Å². The Morgan fingerprint density at radius 3 is 2.29 bits per heavy atom. The van der Waals surface area contributed by atoms with Gasteiger partial charge in [-0.1, -0.05) is 6.07 Å². The molecule has 0 aliphatic carbocycles. The van der Waals surface area contributed by atoms with Crippen molar-refractivity contribution in [2.45, 2.75) is 32.1 Å². The van der Waals surface area contributed by atoms with Gasteiger partial charge in [0.15, 0.2) is 0 Å². The quantitative estimate of drug-likeness (QED) is 0.727. The minimum Gasteiger partial charge on any atom is -0.342 e. The number of carbonyl (C=O) groups is 1. The van der Waals surface area contributed by atoms with Gasteiger partial charge in [0.2, 0.25) is 15.9 Å². The normalized spacial score (nSPS) is 11.8. The fourth-order valence-electron chi connectivity index (χ4n) is 2.28. The number of nitrogens with one attached hydrogen (secondary N) is 1. The van der Waals surface area contributed by atoms with Crippen molar-refractivity contribution >= 4 is 15.9 Å². The molecule has 1 N–H and O–H groups in total. The van der Waals surface area contributed by atoms with Gasteiger partial charge in [0.1, 0.15) is 0 Å². The molecular weight excluding hydrogens is 326 g/mol. The summed E-state index contributed by atoms with van der Waals surface area (Å²) in [5.74, 6) is -0.0425. The van der Waals surface area contributed by atoms with Crippen LogP contribution in [-0.2, 0) is 14.8 Å². The Hall–Kier alpha value is -1.44. The standard InChI is InChI=1S/C17H29N3O3S/c1-14-7-8-17(13-15(14)2)24(22,23)18-9-12-20(16(3)21)11-6-10-19(4)5/h7-8,13,18H,6,9-12H2,1-5H3. The van der Waals surface area contributed by atoms with Gasteiger partial charge < -0.3 is 9.80 Å². The lowest BCUT2D eigenvalue weighted by Gasteiger charge is -2.22. The number of sulfonamides is 1. The summed E-state index contributed by atoms with van der Waals surface area (Å²) in [7, 11) is 0.413. The lowest BCUT2D eigenvalue weighted by molar-refractivity contribution is -0.128. The number of hydrogen-bond donors (Lipinski definition) is 1. The number of hydrogen-bond acceptors (Lipinski definition) is 4. The first-order valence-corrected chi connectivity index (χ1v) is 9.59. The van der Waals surface area contributed by atoms with Crippen LogP contribution in [0.4, 0.5) is 0 Å². The van der Waals surface area contributed by atoms with Gasteiger partial charge in [0.25, 0.3) is 0 Å². The monoisotopic (exact) mass is 355 g/mol. The molecule has 0 aliphatic heterocycles. The number of aryl methyl sites for hydroxylation is 2. The molecule has 0 saturated heterocycles. The molecule has 0 radical (unpaired) electrons. The van der Waals surface area contributed by atoms with Gasteiger partial charge in [-0.25, -0.2) is 13.1 Å². The van der Waals surface area contributed by atoms with E-state index in [2.05, 4.69) is 9.62 Å². The van der Waals surface area contributed by atoms with Gasteiger partial charge in [-0.2, -0.15) is 0 Å². The molecule has 1 amide bonds. The SMILES string of the molecule is CC(=O)N(CCCN(C)C)CCNS(=O)(=O)c1ccc(C)c(C)c1. The van der Waals surface area contributed by atoms with Gasteiger partial charge >= 0.3 is 0 Å². The van der Waals surface area contributed by atoms with Crippen LogP contribution in [-0.4, -0.2) is 64.4 Å². The molecule has 24 heavy (non-hydrogen) atoms. The second kappa shape index (κ2) is 9.15. The number of carbonyl (C=O) groups excluding carboxylic acids is 1. The Balaban J connectivity index is 2.59. The van der Waals surface area contributed by atoms with Crippen LogP contribution in [0.3, 0.4) is 0 Å². The van der Waals surface area contributed by atoms with E-state index in [1.54, 1.807) is 23.1 Å². The van der Waals surface area contributed by atoms with Gasteiger partial charge in [-0.05, 0) is 64.2 Å². The Morgan fingerprint density at radius 2 is 1.75 bits per heavy atom. The fourth-order valence-corrected chi connectivity index (χ4v) is 3.39. The number of benzene rings is 1. The third-order valence-electron chi connectivity index (χ3n) is 3.94. The van der Waals surface area contributed by atoms with Crippen LogP contribution in [0.25, 0.3) is 0 Å². The van der Waals surface area contributed by atoms with Crippen LogP contribution in [0.2, 0.25) is 0 Å². The molecule has 0 atom stereocenters. The molecule has 0 heterocycles. The summed E-state index contributed by atoms with van der Waals surface area (Å²) in [5.41, 5.74) is 1.99. The minimum atomic E-state index is -3.55. The minimum absolute atomic E-state index is 0.0425. The summed E-state index contributed by atoms with van der Waals surface area (Å²) in [6.45, 7) is 7.42. The topological polar surface area (TPSA) is 69.7 Å². The van der Waals surface area contributed by atoms with Gasteiger partial charge in [-0.3, -0.25) is 4.79 Å². The van der Waals surface area contributed by atoms with Crippen LogP contribution in [0.15, 0.2) is 23.1 Å². The van der Waals surface area contributed by atoms with Gasteiger partial charge in [0.05, 0.1) is 4.90 Å². The average molecular weight is 356 g/mol. The summed E-state index contributed by atoms with van der Waals surface area (Å²) in [6, 6.07) is 5.06. The van der Waals surface area contributed by atoms with E-state index in [9.17, 15) is 13.2 Å². The second-order valence-corrected chi connectivity index (χ2v) is 8.07. The van der Waals surface area contributed by atoms with Crippen molar-refractivity contribution in [3.05, 3.63) is 29.3 Å². The lowest BCUT2D eigenvalue weighted by Crippen LogP contribution is -2.38. The predicted molar refractivity (Wildman–Crippen MR) is 96.5 cm³/mol. The second-order valence-electron chi connectivity index (χ2n) is 6.31. The summed E-state index contributed by atoms with van der Waals surface area (Å²) in [6.07, 6.45) is 0.858. The lowest BCUT2D eigenvalue weighted by atomic mass is 10.1. The summed E-state index contributed by atoms with van der Waals surface area (Å²) >= 11 is 0. The molecule has 0 saturated carbocycles. The third kappa shape index (κ3) is 6.59. The van der Waals surface area contributed by atoms with Crippen molar-refractivity contribution in [3.63, 3.8) is 0 Å². The van der Waals surface area contributed by atoms with E-state index in [4.69, 9.17) is 0 Å². The zero-order valence-electron chi connectivity index (χ0n) is 15.3. The third-order valence-corrected chi connectivity index (χ3v) is 5.40. The Labute approximate surface area is 145 Å². The van der Waals surface area contributed by atoms with E-state index in [-0.39, 0.29) is 17.3 Å². The smallest absolute Gasteiger partial charge is 0.240 e. The van der Waals surface area contributed by atoms with E-state index in [1.165, 1.54) is 6.92 Å². The van der Waals surface area contributed by atoms with Gasteiger partial charge in [0, 0.05) is 26.6 Å². The van der Waals surface area contributed by atoms with Crippen molar-refractivity contribution in [2.24, 2.45) is 0 Å². The molecule has 1 rings (SSSR count). The largest absolute Gasteiger partial charge is 0.342 e.